The molecule has 0 aliphatic carbocycles. The van der Waals surface area contributed by atoms with E-state index in [0.717, 1.165) is 27.0 Å². The van der Waals surface area contributed by atoms with Gasteiger partial charge in [0.1, 0.15) is 12.4 Å². The molecule has 1 amide bonds. The number of amides is 1. The van der Waals surface area contributed by atoms with Gasteiger partial charge in [0.25, 0.3) is 0 Å². The SMILES string of the molecule is Cc1cc(Br)ccc1NC(=O)CSc1nnc(COc2ccccc2C)n1C. The molecular weight excluding hydrogens is 440 g/mol. The van der Waals surface area contributed by atoms with Gasteiger partial charge in [-0.15, -0.1) is 10.2 Å². The van der Waals surface area contributed by atoms with Crippen molar-refractivity contribution in [3.05, 3.63) is 63.9 Å². The molecule has 0 saturated carbocycles. The molecule has 6 nitrogen and oxygen atoms in total. The number of thioether (sulfide) groups is 1. The average molecular weight is 461 g/mol. The summed E-state index contributed by atoms with van der Waals surface area (Å²) in [5.74, 6) is 1.69. The first kappa shape index (κ1) is 20.4. The van der Waals surface area contributed by atoms with Crippen molar-refractivity contribution in [1.29, 1.82) is 0 Å². The quantitative estimate of drug-likeness (QED) is 0.525. The molecule has 0 fully saturated rings. The van der Waals surface area contributed by atoms with Gasteiger partial charge in [-0.1, -0.05) is 45.9 Å². The van der Waals surface area contributed by atoms with E-state index in [1.54, 1.807) is 0 Å². The van der Waals surface area contributed by atoms with E-state index in [1.165, 1.54) is 11.8 Å². The Kier molecular flexibility index (Phi) is 6.74. The highest BCUT2D eigenvalue weighted by Gasteiger charge is 2.13. The summed E-state index contributed by atoms with van der Waals surface area (Å²) in [6.07, 6.45) is 0. The molecule has 0 saturated heterocycles. The van der Waals surface area contributed by atoms with Crippen LogP contribution in [0.4, 0.5) is 5.69 Å². The summed E-state index contributed by atoms with van der Waals surface area (Å²) in [4.78, 5) is 12.3. The fourth-order valence-corrected chi connectivity index (χ4v) is 3.75. The van der Waals surface area contributed by atoms with Crippen molar-refractivity contribution in [3.8, 4) is 5.75 Å². The van der Waals surface area contributed by atoms with E-state index < -0.39 is 0 Å². The average Bonchev–Trinajstić information content (AvgIpc) is 3.01. The van der Waals surface area contributed by atoms with Gasteiger partial charge < -0.3 is 14.6 Å². The van der Waals surface area contributed by atoms with Gasteiger partial charge in [-0.25, -0.2) is 0 Å². The Bertz CT molecular complexity index is 990. The Hall–Kier alpha value is -2.32. The molecule has 1 aromatic heterocycles. The Morgan fingerprint density at radius 2 is 1.96 bits per heavy atom. The normalized spacial score (nSPS) is 10.7. The number of carbonyl (C=O) groups is 1. The molecule has 0 radical (unpaired) electrons. The van der Waals surface area contributed by atoms with E-state index in [2.05, 4.69) is 31.4 Å². The molecule has 0 unspecified atom stereocenters. The van der Waals surface area contributed by atoms with Crippen LogP contribution in [-0.4, -0.2) is 26.4 Å². The predicted molar refractivity (Wildman–Crippen MR) is 115 cm³/mol. The minimum Gasteiger partial charge on any atom is -0.485 e. The molecule has 3 aromatic rings. The third-order valence-corrected chi connectivity index (χ3v) is 5.68. The molecule has 1 heterocycles. The number of nitrogens with zero attached hydrogens (tertiary/aromatic N) is 3. The zero-order valence-electron chi connectivity index (χ0n) is 15.9. The highest BCUT2D eigenvalue weighted by Crippen LogP contribution is 2.22. The maximum absolute atomic E-state index is 12.3. The van der Waals surface area contributed by atoms with Crippen molar-refractivity contribution in [1.82, 2.24) is 14.8 Å². The monoisotopic (exact) mass is 460 g/mol. The number of hydrogen-bond acceptors (Lipinski definition) is 5. The molecule has 0 atom stereocenters. The van der Waals surface area contributed by atoms with Gasteiger partial charge in [0.05, 0.1) is 5.75 Å². The van der Waals surface area contributed by atoms with E-state index in [1.807, 2.05) is 67.9 Å². The van der Waals surface area contributed by atoms with Crippen LogP contribution < -0.4 is 10.1 Å². The number of rotatable bonds is 7. The lowest BCUT2D eigenvalue weighted by Crippen LogP contribution is -2.15. The van der Waals surface area contributed by atoms with E-state index in [0.29, 0.717) is 17.6 Å². The molecule has 146 valence electrons. The fraction of sp³-hybridized carbons (Fsp3) is 0.250. The first-order chi connectivity index (χ1) is 13.4. The van der Waals surface area contributed by atoms with E-state index >= 15 is 0 Å². The summed E-state index contributed by atoms with van der Waals surface area (Å²) in [5, 5.41) is 11.9. The minimum atomic E-state index is -0.0869. The van der Waals surface area contributed by atoms with Crippen LogP contribution in [0.1, 0.15) is 17.0 Å². The predicted octanol–water partition coefficient (Wildman–Crippen LogP) is 4.50. The molecule has 8 heteroatoms. The number of para-hydroxylation sites is 1. The number of anilines is 1. The van der Waals surface area contributed by atoms with Crippen molar-refractivity contribution >= 4 is 39.3 Å². The van der Waals surface area contributed by atoms with Crippen LogP contribution in [0.15, 0.2) is 52.1 Å². The Morgan fingerprint density at radius 3 is 2.71 bits per heavy atom. The highest BCUT2D eigenvalue weighted by molar-refractivity contribution is 9.10. The lowest BCUT2D eigenvalue weighted by atomic mass is 10.2. The van der Waals surface area contributed by atoms with E-state index in [-0.39, 0.29) is 11.7 Å². The van der Waals surface area contributed by atoms with Crippen LogP contribution in [0.3, 0.4) is 0 Å². The largest absolute Gasteiger partial charge is 0.485 e. The molecule has 0 spiro atoms. The molecule has 0 bridgehead atoms. The summed E-state index contributed by atoms with van der Waals surface area (Å²) in [5.41, 5.74) is 2.88. The topological polar surface area (TPSA) is 69.0 Å². The number of aryl methyl sites for hydroxylation is 2. The number of halogens is 1. The third-order valence-electron chi connectivity index (χ3n) is 4.17. The summed E-state index contributed by atoms with van der Waals surface area (Å²) in [6, 6.07) is 13.6. The highest BCUT2D eigenvalue weighted by atomic mass is 79.9. The van der Waals surface area contributed by atoms with Crippen molar-refractivity contribution in [2.24, 2.45) is 7.05 Å². The number of hydrogen-bond donors (Lipinski definition) is 1. The number of aromatic nitrogens is 3. The maximum atomic E-state index is 12.3. The summed E-state index contributed by atoms with van der Waals surface area (Å²) in [7, 11) is 1.87. The first-order valence-corrected chi connectivity index (χ1v) is 10.5. The van der Waals surface area contributed by atoms with Crippen LogP contribution in [0.25, 0.3) is 0 Å². The smallest absolute Gasteiger partial charge is 0.234 e. The van der Waals surface area contributed by atoms with Crippen molar-refractivity contribution in [3.63, 3.8) is 0 Å². The molecule has 0 aliphatic rings. The molecular formula is C20H21BrN4O2S. The summed E-state index contributed by atoms with van der Waals surface area (Å²) >= 11 is 4.76. The van der Waals surface area contributed by atoms with Crippen LogP contribution in [0, 0.1) is 13.8 Å². The van der Waals surface area contributed by atoms with Crippen LogP contribution in [-0.2, 0) is 18.4 Å². The van der Waals surface area contributed by atoms with Crippen molar-refractivity contribution in [2.75, 3.05) is 11.1 Å². The number of nitrogens with one attached hydrogen (secondary N) is 1. The Labute approximate surface area is 176 Å². The zero-order chi connectivity index (χ0) is 20.1. The molecule has 2 aromatic carbocycles. The second-order valence-electron chi connectivity index (χ2n) is 6.31. The second-order valence-corrected chi connectivity index (χ2v) is 8.17. The van der Waals surface area contributed by atoms with E-state index in [4.69, 9.17) is 4.74 Å². The van der Waals surface area contributed by atoms with Gasteiger partial charge in [-0.3, -0.25) is 4.79 Å². The molecule has 1 N–H and O–H groups in total. The van der Waals surface area contributed by atoms with Gasteiger partial charge in [0, 0.05) is 17.2 Å². The maximum Gasteiger partial charge on any atom is 0.234 e. The molecule has 3 rings (SSSR count). The molecule has 28 heavy (non-hydrogen) atoms. The zero-order valence-corrected chi connectivity index (χ0v) is 18.3. The summed E-state index contributed by atoms with van der Waals surface area (Å²) < 4.78 is 8.66. The number of carbonyl (C=O) groups excluding carboxylic acids is 1. The van der Waals surface area contributed by atoms with Crippen LogP contribution in [0.5, 0.6) is 5.75 Å². The standard InChI is InChI=1S/C20H21BrN4O2S/c1-13-6-4-5-7-17(13)27-11-18-23-24-20(25(18)3)28-12-19(26)22-16-9-8-15(21)10-14(16)2/h4-10H,11-12H2,1-3H3,(H,22,26). The Balaban J connectivity index is 1.55. The second kappa shape index (κ2) is 9.25. The summed E-state index contributed by atoms with van der Waals surface area (Å²) in [6.45, 7) is 4.27. The number of ether oxygens (including phenoxy) is 1. The number of benzene rings is 2. The minimum absolute atomic E-state index is 0.0869. The van der Waals surface area contributed by atoms with Crippen LogP contribution in [0.2, 0.25) is 0 Å². The van der Waals surface area contributed by atoms with Gasteiger partial charge in [0.2, 0.25) is 5.91 Å². The lowest BCUT2D eigenvalue weighted by Gasteiger charge is -2.09. The van der Waals surface area contributed by atoms with Gasteiger partial charge in [0.15, 0.2) is 11.0 Å². The van der Waals surface area contributed by atoms with Gasteiger partial charge >= 0.3 is 0 Å². The lowest BCUT2D eigenvalue weighted by molar-refractivity contribution is -0.113. The van der Waals surface area contributed by atoms with Gasteiger partial charge in [-0.2, -0.15) is 0 Å². The first-order valence-electron chi connectivity index (χ1n) is 8.69. The third kappa shape index (κ3) is 5.14. The fourth-order valence-electron chi connectivity index (χ4n) is 2.54. The van der Waals surface area contributed by atoms with Crippen molar-refractivity contribution < 1.29 is 9.53 Å². The van der Waals surface area contributed by atoms with Crippen LogP contribution >= 0.6 is 27.7 Å². The van der Waals surface area contributed by atoms with Gasteiger partial charge in [-0.05, 0) is 49.2 Å². The molecule has 0 aliphatic heterocycles. The van der Waals surface area contributed by atoms with E-state index in [9.17, 15) is 4.79 Å². The van der Waals surface area contributed by atoms with Crippen molar-refractivity contribution in [2.45, 2.75) is 25.6 Å². The Morgan fingerprint density at radius 1 is 1.18 bits per heavy atom.